The van der Waals surface area contributed by atoms with Crippen LogP contribution in [-0.4, -0.2) is 44.3 Å². The lowest BCUT2D eigenvalue weighted by molar-refractivity contribution is -0.139. The first-order chi connectivity index (χ1) is 18.0. The quantitative estimate of drug-likeness (QED) is 0.387. The second-order valence-corrected chi connectivity index (χ2v) is 11.1. The Morgan fingerprint density at radius 1 is 0.921 bits per heavy atom. The van der Waals surface area contributed by atoms with Gasteiger partial charge in [0.2, 0.25) is 11.8 Å². The van der Waals surface area contributed by atoms with E-state index < -0.39 is 40.2 Å². The Labute approximate surface area is 224 Å². The van der Waals surface area contributed by atoms with Crippen LogP contribution >= 0.6 is 0 Å². The van der Waals surface area contributed by atoms with Crippen molar-refractivity contribution in [3.63, 3.8) is 0 Å². The molecule has 7 nitrogen and oxygen atoms in total. The van der Waals surface area contributed by atoms with E-state index in [1.54, 1.807) is 49.4 Å². The number of rotatable bonds is 11. The molecule has 1 N–H and O–H groups in total. The van der Waals surface area contributed by atoms with Crippen LogP contribution in [0.25, 0.3) is 0 Å². The van der Waals surface area contributed by atoms with Crippen LogP contribution in [0, 0.1) is 19.7 Å². The van der Waals surface area contributed by atoms with E-state index in [1.165, 1.54) is 35.2 Å². The number of nitrogens with one attached hydrogen (secondary N) is 1. The third-order valence-electron chi connectivity index (χ3n) is 6.22. The number of hydrogen-bond donors (Lipinski definition) is 1. The number of anilines is 1. The van der Waals surface area contributed by atoms with Crippen molar-refractivity contribution in [3.8, 4) is 0 Å². The van der Waals surface area contributed by atoms with E-state index in [9.17, 15) is 22.4 Å². The van der Waals surface area contributed by atoms with E-state index in [2.05, 4.69) is 5.32 Å². The minimum Gasteiger partial charge on any atom is -0.354 e. The van der Waals surface area contributed by atoms with Crippen LogP contribution in [0.2, 0.25) is 0 Å². The molecule has 0 aliphatic rings. The molecule has 3 rings (SSSR count). The van der Waals surface area contributed by atoms with E-state index >= 15 is 0 Å². The van der Waals surface area contributed by atoms with Gasteiger partial charge in [-0.15, -0.1) is 0 Å². The zero-order chi connectivity index (χ0) is 27.9. The van der Waals surface area contributed by atoms with Gasteiger partial charge in [0.1, 0.15) is 18.4 Å². The number of sulfonamides is 1. The van der Waals surface area contributed by atoms with Gasteiger partial charge < -0.3 is 10.2 Å². The summed E-state index contributed by atoms with van der Waals surface area (Å²) in [6.45, 7) is 6.83. The van der Waals surface area contributed by atoms with Gasteiger partial charge in [-0.05, 0) is 57.5 Å². The molecule has 3 aromatic carbocycles. The standard InChI is InChI=1S/C29H34FN3O4S/c1-5-18-31-29(35)23(4)32(19-24-8-6-7-9-27(24)30)28(34)20-33(25-14-10-21(2)11-15-25)38(36,37)26-16-12-22(3)13-17-26/h6-17,23H,5,18-20H2,1-4H3,(H,31,35)/t23-/m0/s1. The summed E-state index contributed by atoms with van der Waals surface area (Å²) < 4.78 is 43.1. The highest BCUT2D eigenvalue weighted by Crippen LogP contribution is 2.25. The summed E-state index contributed by atoms with van der Waals surface area (Å²) in [5, 5.41) is 2.76. The molecule has 0 bridgehead atoms. The molecule has 0 saturated heterocycles. The highest BCUT2D eigenvalue weighted by atomic mass is 32.2. The maximum Gasteiger partial charge on any atom is 0.264 e. The number of benzene rings is 3. The zero-order valence-electron chi connectivity index (χ0n) is 22.1. The first-order valence-electron chi connectivity index (χ1n) is 12.5. The van der Waals surface area contributed by atoms with E-state index in [4.69, 9.17) is 0 Å². The smallest absolute Gasteiger partial charge is 0.264 e. The topological polar surface area (TPSA) is 86.8 Å². The molecule has 0 aromatic heterocycles. The molecule has 0 aliphatic heterocycles. The normalized spacial score (nSPS) is 12.0. The van der Waals surface area contributed by atoms with Crippen LogP contribution in [0.4, 0.5) is 10.1 Å². The van der Waals surface area contributed by atoms with Gasteiger partial charge in [0.25, 0.3) is 10.0 Å². The first kappa shape index (κ1) is 28.8. The number of hydrogen-bond acceptors (Lipinski definition) is 4. The van der Waals surface area contributed by atoms with Crippen molar-refractivity contribution in [2.24, 2.45) is 0 Å². The van der Waals surface area contributed by atoms with Crippen LogP contribution in [0.5, 0.6) is 0 Å². The summed E-state index contributed by atoms with van der Waals surface area (Å²) in [5.41, 5.74) is 2.35. The fraction of sp³-hybridized carbons (Fsp3) is 0.310. The SMILES string of the molecule is CCCNC(=O)[C@H](C)N(Cc1ccccc1F)C(=O)CN(c1ccc(C)cc1)S(=O)(=O)c1ccc(C)cc1. The summed E-state index contributed by atoms with van der Waals surface area (Å²) in [4.78, 5) is 27.9. The van der Waals surface area contributed by atoms with Gasteiger partial charge in [-0.2, -0.15) is 0 Å². The highest BCUT2D eigenvalue weighted by Gasteiger charge is 2.32. The molecular weight excluding hydrogens is 505 g/mol. The monoisotopic (exact) mass is 539 g/mol. The average Bonchev–Trinajstić information content (AvgIpc) is 2.90. The van der Waals surface area contributed by atoms with Crippen molar-refractivity contribution in [1.82, 2.24) is 10.2 Å². The van der Waals surface area contributed by atoms with E-state index in [0.29, 0.717) is 18.7 Å². The van der Waals surface area contributed by atoms with E-state index in [1.807, 2.05) is 20.8 Å². The predicted octanol–water partition coefficient (Wildman–Crippen LogP) is 4.58. The lowest BCUT2D eigenvalue weighted by atomic mass is 10.1. The van der Waals surface area contributed by atoms with Crippen LogP contribution in [0.15, 0.2) is 77.7 Å². The largest absolute Gasteiger partial charge is 0.354 e. The molecule has 0 saturated carbocycles. The summed E-state index contributed by atoms with van der Waals surface area (Å²) in [6.07, 6.45) is 0.704. The Bertz CT molecular complexity index is 1360. The molecular formula is C29H34FN3O4S. The van der Waals surface area contributed by atoms with Gasteiger partial charge in [-0.25, -0.2) is 12.8 Å². The molecule has 0 unspecified atom stereocenters. The van der Waals surface area contributed by atoms with E-state index in [0.717, 1.165) is 15.4 Å². The molecule has 1 atom stereocenters. The van der Waals surface area contributed by atoms with Crippen LogP contribution in [-0.2, 0) is 26.2 Å². The van der Waals surface area contributed by atoms with Crippen molar-refractivity contribution in [2.45, 2.75) is 51.6 Å². The third kappa shape index (κ3) is 6.98. The van der Waals surface area contributed by atoms with Crippen molar-refractivity contribution in [3.05, 3.63) is 95.3 Å². The average molecular weight is 540 g/mol. The fourth-order valence-corrected chi connectivity index (χ4v) is 5.28. The Morgan fingerprint density at radius 3 is 2.08 bits per heavy atom. The number of carbonyl (C=O) groups is 2. The van der Waals surface area contributed by atoms with Gasteiger partial charge in [-0.1, -0.05) is 60.5 Å². The van der Waals surface area contributed by atoms with Gasteiger partial charge in [0, 0.05) is 18.7 Å². The molecule has 9 heteroatoms. The molecule has 3 aromatic rings. The van der Waals surface area contributed by atoms with Gasteiger partial charge in [0.15, 0.2) is 0 Å². The molecule has 38 heavy (non-hydrogen) atoms. The maximum absolute atomic E-state index is 14.5. The van der Waals surface area contributed by atoms with Gasteiger partial charge in [-0.3, -0.25) is 13.9 Å². The van der Waals surface area contributed by atoms with Crippen molar-refractivity contribution < 1.29 is 22.4 Å². The molecule has 0 heterocycles. The summed E-state index contributed by atoms with van der Waals surface area (Å²) in [6, 6.07) is 18.2. The van der Waals surface area contributed by atoms with E-state index in [-0.39, 0.29) is 17.0 Å². The predicted molar refractivity (Wildman–Crippen MR) is 147 cm³/mol. The summed E-state index contributed by atoms with van der Waals surface area (Å²) >= 11 is 0. The Morgan fingerprint density at radius 2 is 1.50 bits per heavy atom. The fourth-order valence-electron chi connectivity index (χ4n) is 3.87. The Kier molecular flexibility index (Phi) is 9.63. The van der Waals surface area contributed by atoms with Crippen LogP contribution in [0.3, 0.4) is 0 Å². The lowest BCUT2D eigenvalue weighted by Gasteiger charge is -2.32. The summed E-state index contributed by atoms with van der Waals surface area (Å²) in [7, 11) is -4.14. The van der Waals surface area contributed by atoms with Gasteiger partial charge in [0.05, 0.1) is 10.6 Å². The Hall–Kier alpha value is -3.72. The molecule has 0 fully saturated rings. The minimum atomic E-state index is -4.14. The minimum absolute atomic E-state index is 0.0332. The van der Waals surface area contributed by atoms with Crippen LogP contribution < -0.4 is 9.62 Å². The van der Waals surface area contributed by atoms with Crippen molar-refractivity contribution >= 4 is 27.5 Å². The molecule has 0 aliphatic carbocycles. The third-order valence-corrected chi connectivity index (χ3v) is 8.01. The Balaban J connectivity index is 2.02. The molecule has 0 radical (unpaired) electrons. The van der Waals surface area contributed by atoms with Crippen LogP contribution in [0.1, 0.15) is 37.0 Å². The number of halogens is 1. The second-order valence-electron chi connectivity index (χ2n) is 9.24. The second kappa shape index (κ2) is 12.7. The number of amides is 2. The number of aryl methyl sites for hydroxylation is 2. The zero-order valence-corrected chi connectivity index (χ0v) is 23.0. The lowest BCUT2D eigenvalue weighted by Crippen LogP contribution is -2.51. The van der Waals surface area contributed by atoms with Gasteiger partial charge >= 0.3 is 0 Å². The molecule has 202 valence electrons. The van der Waals surface area contributed by atoms with Crippen molar-refractivity contribution in [1.29, 1.82) is 0 Å². The molecule has 2 amide bonds. The highest BCUT2D eigenvalue weighted by molar-refractivity contribution is 7.92. The van der Waals surface area contributed by atoms with Crippen molar-refractivity contribution in [2.75, 3.05) is 17.4 Å². The number of nitrogens with zero attached hydrogens (tertiary/aromatic N) is 2. The maximum atomic E-state index is 14.5. The molecule has 0 spiro atoms. The first-order valence-corrected chi connectivity index (χ1v) is 13.9. The summed E-state index contributed by atoms with van der Waals surface area (Å²) in [5.74, 6) is -1.56. The number of carbonyl (C=O) groups excluding carboxylic acids is 2.